The fraction of sp³-hybridized carbons (Fsp3) is 0.381. The molecule has 31 heavy (non-hydrogen) atoms. The quantitative estimate of drug-likeness (QED) is 0.318. The molecule has 1 aliphatic heterocycles. The van der Waals surface area contributed by atoms with Crippen molar-refractivity contribution in [3.05, 3.63) is 57.4 Å². The van der Waals surface area contributed by atoms with Crippen molar-refractivity contribution in [1.29, 1.82) is 0 Å². The monoisotopic (exact) mass is 441 g/mol. The first-order valence-corrected chi connectivity index (χ1v) is 10.6. The lowest BCUT2D eigenvalue weighted by atomic mass is 9.94. The van der Waals surface area contributed by atoms with Gasteiger partial charge in [-0.1, -0.05) is 25.3 Å². The van der Waals surface area contributed by atoms with E-state index in [0.717, 1.165) is 36.8 Å². The number of carbonyl (C=O) groups is 1. The van der Waals surface area contributed by atoms with E-state index in [1.165, 1.54) is 17.2 Å². The number of carbonyl (C=O) groups excluding carboxylic acids is 1. The average Bonchev–Trinajstić information content (AvgIpc) is 3.33. The fourth-order valence-corrected chi connectivity index (χ4v) is 4.45. The van der Waals surface area contributed by atoms with Crippen molar-refractivity contribution >= 4 is 35.1 Å². The SMILES string of the molecule is COc1ccc(/C=C2/NC(=S)N(C3CCCCC3)C2=O)cc1Cn1ccc([N+](=O)[O-])n1. The van der Waals surface area contributed by atoms with Crippen LogP contribution in [0.4, 0.5) is 5.82 Å². The third-order valence-electron chi connectivity index (χ3n) is 5.61. The lowest BCUT2D eigenvalue weighted by molar-refractivity contribution is -0.389. The molecule has 2 aliphatic rings. The van der Waals surface area contributed by atoms with Crippen LogP contribution in [0.15, 0.2) is 36.2 Å². The van der Waals surface area contributed by atoms with Crippen molar-refractivity contribution in [3.63, 3.8) is 0 Å². The first-order chi connectivity index (χ1) is 15.0. The molecule has 2 heterocycles. The summed E-state index contributed by atoms with van der Waals surface area (Å²) in [7, 11) is 1.56. The predicted molar refractivity (Wildman–Crippen MR) is 118 cm³/mol. The van der Waals surface area contributed by atoms with Gasteiger partial charge in [0, 0.05) is 11.6 Å². The van der Waals surface area contributed by atoms with E-state index < -0.39 is 4.92 Å². The molecule has 2 aromatic rings. The molecule has 10 heteroatoms. The zero-order chi connectivity index (χ0) is 22.0. The van der Waals surface area contributed by atoms with E-state index in [4.69, 9.17) is 17.0 Å². The zero-order valence-electron chi connectivity index (χ0n) is 17.1. The highest BCUT2D eigenvalue weighted by molar-refractivity contribution is 7.80. The van der Waals surface area contributed by atoms with Gasteiger partial charge >= 0.3 is 5.82 Å². The highest BCUT2D eigenvalue weighted by Crippen LogP contribution is 2.28. The van der Waals surface area contributed by atoms with Gasteiger partial charge in [-0.15, -0.1) is 0 Å². The average molecular weight is 442 g/mol. The Hall–Kier alpha value is -3.27. The number of nitro groups is 1. The molecule has 1 N–H and O–H groups in total. The number of benzene rings is 1. The van der Waals surface area contributed by atoms with Crippen LogP contribution in [0.5, 0.6) is 5.75 Å². The van der Waals surface area contributed by atoms with E-state index in [1.54, 1.807) is 30.3 Å². The van der Waals surface area contributed by atoms with Crippen molar-refractivity contribution in [2.24, 2.45) is 0 Å². The molecule has 1 amide bonds. The van der Waals surface area contributed by atoms with Gasteiger partial charge in [-0.2, -0.15) is 4.68 Å². The Morgan fingerprint density at radius 3 is 2.77 bits per heavy atom. The molecule has 1 aliphatic carbocycles. The maximum Gasteiger partial charge on any atom is 0.389 e. The summed E-state index contributed by atoms with van der Waals surface area (Å²) in [6.07, 6.45) is 8.70. The van der Waals surface area contributed by atoms with Crippen molar-refractivity contribution in [2.75, 3.05) is 7.11 Å². The van der Waals surface area contributed by atoms with Gasteiger partial charge in [0.25, 0.3) is 5.91 Å². The summed E-state index contributed by atoms with van der Waals surface area (Å²) in [5, 5.41) is 18.3. The Balaban J connectivity index is 1.57. The standard InChI is InChI=1S/C21H23N5O4S/c1-30-18-8-7-14(11-15(18)13-24-10-9-19(23-24)26(28)29)12-17-20(27)25(21(31)22-17)16-5-3-2-4-6-16/h7-12,16H,2-6,13H2,1H3,(H,22,31)/b17-12+. The predicted octanol–water partition coefficient (Wildman–Crippen LogP) is 3.24. The smallest absolute Gasteiger partial charge is 0.389 e. The number of thiocarbonyl (C=S) groups is 1. The summed E-state index contributed by atoms with van der Waals surface area (Å²) in [4.78, 5) is 25.1. The van der Waals surface area contributed by atoms with Crippen molar-refractivity contribution < 1.29 is 14.5 Å². The molecular weight excluding hydrogens is 418 g/mol. The van der Waals surface area contributed by atoms with Crippen LogP contribution < -0.4 is 10.1 Å². The Morgan fingerprint density at radius 1 is 1.32 bits per heavy atom. The van der Waals surface area contributed by atoms with E-state index in [-0.39, 0.29) is 17.8 Å². The number of rotatable bonds is 6. The number of nitrogens with one attached hydrogen (secondary N) is 1. The van der Waals surface area contributed by atoms with E-state index in [2.05, 4.69) is 10.4 Å². The Bertz CT molecular complexity index is 1060. The molecule has 0 unspecified atom stereocenters. The number of hydrogen-bond acceptors (Lipinski definition) is 6. The molecule has 0 spiro atoms. The number of nitrogens with zero attached hydrogens (tertiary/aromatic N) is 4. The van der Waals surface area contributed by atoms with Gasteiger partial charge in [0.05, 0.1) is 31.0 Å². The van der Waals surface area contributed by atoms with Gasteiger partial charge in [-0.05, 0) is 53.8 Å². The van der Waals surface area contributed by atoms with Gasteiger partial charge in [-0.3, -0.25) is 9.69 Å². The Kier molecular flexibility index (Phi) is 5.99. The Morgan fingerprint density at radius 2 is 2.10 bits per heavy atom. The molecule has 1 saturated carbocycles. The summed E-state index contributed by atoms with van der Waals surface area (Å²) >= 11 is 5.43. The van der Waals surface area contributed by atoms with E-state index >= 15 is 0 Å². The number of hydrogen-bond donors (Lipinski definition) is 1. The summed E-state index contributed by atoms with van der Waals surface area (Å²) in [6, 6.07) is 7.04. The molecule has 9 nitrogen and oxygen atoms in total. The molecule has 1 aromatic carbocycles. The van der Waals surface area contributed by atoms with Crippen LogP contribution in [0.3, 0.4) is 0 Å². The maximum atomic E-state index is 13.0. The minimum Gasteiger partial charge on any atom is -0.496 e. The molecule has 1 aromatic heterocycles. The van der Waals surface area contributed by atoms with Gasteiger partial charge in [0.1, 0.15) is 11.4 Å². The molecule has 0 radical (unpaired) electrons. The summed E-state index contributed by atoms with van der Waals surface area (Å²) < 4.78 is 6.90. The summed E-state index contributed by atoms with van der Waals surface area (Å²) in [5.74, 6) is 0.316. The first kappa shape index (κ1) is 21.0. The van der Waals surface area contributed by atoms with Crippen LogP contribution in [0.1, 0.15) is 43.2 Å². The number of ether oxygens (including phenoxy) is 1. The van der Waals surface area contributed by atoms with E-state index in [0.29, 0.717) is 23.1 Å². The second-order valence-corrected chi connectivity index (χ2v) is 8.04. The van der Waals surface area contributed by atoms with Gasteiger partial charge in [0.15, 0.2) is 5.11 Å². The first-order valence-electron chi connectivity index (χ1n) is 10.2. The van der Waals surface area contributed by atoms with Gasteiger partial charge in [0.2, 0.25) is 0 Å². The van der Waals surface area contributed by atoms with Crippen LogP contribution in [0.25, 0.3) is 6.08 Å². The number of amides is 1. The van der Waals surface area contributed by atoms with Crippen molar-refractivity contribution in [1.82, 2.24) is 20.0 Å². The molecular formula is C21H23N5O4S. The van der Waals surface area contributed by atoms with E-state index in [9.17, 15) is 14.9 Å². The van der Waals surface area contributed by atoms with Crippen LogP contribution >= 0.6 is 12.2 Å². The zero-order valence-corrected chi connectivity index (χ0v) is 17.9. The lowest BCUT2D eigenvalue weighted by Gasteiger charge is -2.29. The third kappa shape index (κ3) is 4.43. The van der Waals surface area contributed by atoms with Crippen molar-refractivity contribution in [3.8, 4) is 5.75 Å². The summed E-state index contributed by atoms with van der Waals surface area (Å²) in [6.45, 7) is 0.294. The topological polar surface area (TPSA) is 103 Å². The third-order valence-corrected chi connectivity index (χ3v) is 5.91. The second-order valence-electron chi connectivity index (χ2n) is 7.66. The van der Waals surface area contributed by atoms with Crippen LogP contribution in [0.2, 0.25) is 0 Å². The molecule has 162 valence electrons. The van der Waals surface area contributed by atoms with E-state index in [1.807, 2.05) is 12.1 Å². The lowest BCUT2D eigenvalue weighted by Crippen LogP contribution is -2.41. The maximum absolute atomic E-state index is 13.0. The summed E-state index contributed by atoms with van der Waals surface area (Å²) in [5.41, 5.74) is 2.02. The Labute approximate surface area is 184 Å². The van der Waals surface area contributed by atoms with Crippen LogP contribution in [-0.4, -0.2) is 43.8 Å². The largest absolute Gasteiger partial charge is 0.496 e. The minimum absolute atomic E-state index is 0.100. The van der Waals surface area contributed by atoms with Gasteiger partial charge in [-0.25, -0.2) is 0 Å². The molecule has 0 atom stereocenters. The molecule has 0 bridgehead atoms. The van der Waals surface area contributed by atoms with Gasteiger partial charge < -0.3 is 20.2 Å². The van der Waals surface area contributed by atoms with Crippen molar-refractivity contribution in [2.45, 2.75) is 44.7 Å². The van der Waals surface area contributed by atoms with Crippen LogP contribution in [-0.2, 0) is 11.3 Å². The molecule has 4 rings (SSSR count). The fourth-order valence-electron chi connectivity index (χ4n) is 4.11. The molecule has 2 fully saturated rings. The number of methoxy groups -OCH3 is 1. The highest BCUT2D eigenvalue weighted by Gasteiger charge is 2.36. The minimum atomic E-state index is -0.535. The molecule has 1 saturated heterocycles. The van der Waals surface area contributed by atoms with Crippen LogP contribution in [0, 0.1) is 10.1 Å². The normalized spacial score (nSPS) is 18.5. The second kappa shape index (κ2) is 8.84. The number of aromatic nitrogens is 2. The highest BCUT2D eigenvalue weighted by atomic mass is 32.1.